The number of alkyl halides is 6. The molecule has 0 aliphatic heterocycles. The SMILES string of the molecule is C[C@@](N)(CCCc1ccc(Sc2cccc(C(F)(F)F)c2)cc1F)CO[P+](=O)OC[C@](C)(N)CCCc1ccc(Sc2cccc(C(F)(F)F)c2)cc1F. The summed E-state index contributed by atoms with van der Waals surface area (Å²) < 4.78 is 131. The molecule has 0 heterocycles. The number of aryl methyl sites for hydroxylation is 2. The van der Waals surface area contributed by atoms with Crippen LogP contribution in [0.2, 0.25) is 0 Å². The molecule has 292 valence electrons. The normalized spacial score (nSPS) is 14.4. The minimum Gasteiger partial charge on any atom is -0.323 e. The highest BCUT2D eigenvalue weighted by Gasteiger charge is 2.33. The Morgan fingerprint density at radius 2 is 0.963 bits per heavy atom. The van der Waals surface area contributed by atoms with Gasteiger partial charge in [0.25, 0.3) is 0 Å². The Labute approximate surface area is 318 Å². The van der Waals surface area contributed by atoms with Gasteiger partial charge in [-0.2, -0.15) is 26.3 Å². The van der Waals surface area contributed by atoms with Crippen LogP contribution in [-0.2, 0) is 38.8 Å². The Morgan fingerprint density at radius 3 is 1.31 bits per heavy atom. The monoisotopic (exact) mass is 819 g/mol. The first-order chi connectivity index (χ1) is 25.2. The topological polar surface area (TPSA) is 87.6 Å². The summed E-state index contributed by atoms with van der Waals surface area (Å²) in [7, 11) is -2.56. The van der Waals surface area contributed by atoms with E-state index < -0.39 is 54.4 Å². The molecule has 4 aromatic carbocycles. The molecular formula is C38H40F8N2O3PS2+. The van der Waals surface area contributed by atoms with Gasteiger partial charge in [0, 0.05) is 35.2 Å². The van der Waals surface area contributed by atoms with Crippen LogP contribution in [0.4, 0.5) is 35.1 Å². The zero-order chi connectivity index (χ0) is 39.7. The van der Waals surface area contributed by atoms with Gasteiger partial charge in [0.05, 0.1) is 11.1 Å². The lowest BCUT2D eigenvalue weighted by molar-refractivity contribution is -0.138. The van der Waals surface area contributed by atoms with Gasteiger partial charge in [-0.25, -0.2) is 8.78 Å². The van der Waals surface area contributed by atoms with Crippen LogP contribution in [0.15, 0.2) is 105 Å². The van der Waals surface area contributed by atoms with E-state index in [1.807, 2.05) is 0 Å². The molecule has 0 saturated heterocycles. The van der Waals surface area contributed by atoms with Gasteiger partial charge in [-0.05, 0) is 124 Å². The van der Waals surface area contributed by atoms with E-state index in [9.17, 15) is 39.7 Å². The van der Waals surface area contributed by atoms with Crippen molar-refractivity contribution in [1.82, 2.24) is 0 Å². The number of nitrogens with two attached hydrogens (primary N) is 2. The van der Waals surface area contributed by atoms with E-state index in [2.05, 4.69) is 0 Å². The summed E-state index contributed by atoms with van der Waals surface area (Å²) in [4.78, 5) is 1.59. The zero-order valence-electron chi connectivity index (χ0n) is 29.4. The van der Waals surface area contributed by atoms with Crippen molar-refractivity contribution in [3.63, 3.8) is 0 Å². The van der Waals surface area contributed by atoms with Crippen LogP contribution in [0.25, 0.3) is 0 Å². The first kappa shape index (κ1) is 43.7. The van der Waals surface area contributed by atoms with E-state index in [1.54, 1.807) is 38.1 Å². The lowest BCUT2D eigenvalue weighted by Gasteiger charge is -2.22. The van der Waals surface area contributed by atoms with Crippen molar-refractivity contribution in [3.8, 4) is 0 Å². The van der Waals surface area contributed by atoms with Crippen LogP contribution in [0, 0.1) is 11.6 Å². The number of hydrogen-bond acceptors (Lipinski definition) is 7. The fraction of sp³-hybridized carbons (Fsp3) is 0.368. The smallest absolute Gasteiger partial charge is 0.323 e. The first-order valence-electron chi connectivity index (χ1n) is 16.8. The molecule has 4 aromatic rings. The summed E-state index contributed by atoms with van der Waals surface area (Å²) in [5, 5.41) is 0. The van der Waals surface area contributed by atoms with Gasteiger partial charge >= 0.3 is 20.6 Å². The molecule has 5 nitrogen and oxygen atoms in total. The molecule has 0 spiro atoms. The average Bonchev–Trinajstić information content (AvgIpc) is 3.08. The van der Waals surface area contributed by atoms with Crippen LogP contribution < -0.4 is 11.5 Å². The van der Waals surface area contributed by atoms with Crippen molar-refractivity contribution in [2.45, 2.75) is 95.4 Å². The summed E-state index contributed by atoms with van der Waals surface area (Å²) >= 11 is 2.05. The molecule has 0 aliphatic rings. The predicted octanol–water partition coefficient (Wildman–Crippen LogP) is 11.8. The highest BCUT2D eigenvalue weighted by Crippen LogP contribution is 2.37. The second-order valence-corrected chi connectivity index (χ2v) is 16.8. The van der Waals surface area contributed by atoms with Crippen molar-refractivity contribution < 1.29 is 48.7 Å². The Hall–Kier alpha value is -3.04. The second kappa shape index (κ2) is 18.7. The first-order valence-corrected chi connectivity index (χ1v) is 19.5. The fourth-order valence-electron chi connectivity index (χ4n) is 5.28. The van der Waals surface area contributed by atoms with Gasteiger partial charge in [0.1, 0.15) is 24.8 Å². The van der Waals surface area contributed by atoms with Crippen LogP contribution in [0.5, 0.6) is 0 Å². The van der Waals surface area contributed by atoms with E-state index in [0.717, 1.165) is 47.8 Å². The molecule has 0 aliphatic carbocycles. The maximum Gasteiger partial charge on any atom is 0.697 e. The standard InChI is InChI=1S/C38H40F8N2O3PS2/c1-35(47,17-5-7-25-13-15-31(21-33(25)39)53-29-11-3-9-27(19-29)37(41,42)43)23-50-52(49)51-24-36(2,48)18-6-8-26-14-16-32(22-34(26)40)54-30-12-4-10-28(20-30)38(44,45)46/h3-4,9-16,19-22H,5-8,17-18,23-24,47-48H2,1-2H3/q+1/t35-,36-/m1/s1. The van der Waals surface area contributed by atoms with E-state index in [-0.39, 0.29) is 13.2 Å². The minimum absolute atomic E-state index is 0.111. The van der Waals surface area contributed by atoms with Gasteiger partial charge in [0.2, 0.25) is 0 Å². The fourth-order valence-corrected chi connectivity index (χ4v) is 7.96. The van der Waals surface area contributed by atoms with E-state index in [4.69, 9.17) is 20.5 Å². The lowest BCUT2D eigenvalue weighted by atomic mass is 9.95. The van der Waals surface area contributed by atoms with Crippen molar-refractivity contribution in [2.75, 3.05) is 13.2 Å². The molecule has 0 saturated carbocycles. The minimum atomic E-state index is -4.47. The van der Waals surface area contributed by atoms with Gasteiger partial charge in [-0.1, -0.05) is 47.8 Å². The molecule has 0 radical (unpaired) electrons. The predicted molar refractivity (Wildman–Crippen MR) is 195 cm³/mol. The van der Waals surface area contributed by atoms with Crippen LogP contribution in [0.3, 0.4) is 0 Å². The van der Waals surface area contributed by atoms with Gasteiger partial charge in [-0.3, -0.25) is 0 Å². The Morgan fingerprint density at radius 1 is 0.593 bits per heavy atom. The quantitative estimate of drug-likeness (QED) is 0.0763. The third-order valence-electron chi connectivity index (χ3n) is 8.23. The van der Waals surface area contributed by atoms with Crippen molar-refractivity contribution in [2.24, 2.45) is 11.5 Å². The summed E-state index contributed by atoms with van der Waals surface area (Å²) in [5.41, 5.74) is 10.1. The lowest BCUT2D eigenvalue weighted by Crippen LogP contribution is -2.41. The summed E-state index contributed by atoms with van der Waals surface area (Å²) in [5.74, 6) is -0.976. The molecule has 4 rings (SSSR count). The summed E-state index contributed by atoms with van der Waals surface area (Å²) in [6.45, 7) is 3.17. The zero-order valence-corrected chi connectivity index (χ0v) is 31.9. The Bertz CT molecular complexity index is 1760. The molecule has 0 bridgehead atoms. The number of halogens is 8. The second-order valence-electron chi connectivity index (χ2n) is 13.5. The van der Waals surface area contributed by atoms with Crippen molar-refractivity contribution in [1.29, 1.82) is 0 Å². The summed E-state index contributed by atoms with van der Waals surface area (Å²) in [6, 6.07) is 18.7. The van der Waals surface area contributed by atoms with Crippen LogP contribution in [-0.4, -0.2) is 24.3 Å². The molecule has 0 amide bonds. The number of benzene rings is 4. The molecule has 54 heavy (non-hydrogen) atoms. The number of rotatable bonds is 18. The largest absolute Gasteiger partial charge is 0.697 e. The molecule has 4 N–H and O–H groups in total. The van der Waals surface area contributed by atoms with Gasteiger partial charge in [-0.15, -0.1) is 9.05 Å². The Kier molecular flexibility index (Phi) is 15.2. The summed E-state index contributed by atoms with van der Waals surface area (Å²) in [6.07, 6.45) is -6.52. The van der Waals surface area contributed by atoms with Gasteiger partial charge in [0.15, 0.2) is 0 Å². The average molecular weight is 820 g/mol. The van der Waals surface area contributed by atoms with E-state index >= 15 is 0 Å². The maximum atomic E-state index is 14.8. The van der Waals surface area contributed by atoms with Crippen molar-refractivity contribution in [3.05, 3.63) is 119 Å². The maximum absolute atomic E-state index is 14.8. The molecular weight excluding hydrogens is 780 g/mol. The third kappa shape index (κ3) is 14.2. The van der Waals surface area contributed by atoms with Crippen LogP contribution in [0.1, 0.15) is 61.8 Å². The highest BCUT2D eigenvalue weighted by molar-refractivity contribution is 7.99. The van der Waals surface area contributed by atoms with Crippen molar-refractivity contribution >= 4 is 31.8 Å². The molecule has 0 aromatic heterocycles. The third-order valence-corrected chi connectivity index (χ3v) is 10.9. The molecule has 16 heteroatoms. The number of hydrogen-bond donors (Lipinski definition) is 2. The van der Waals surface area contributed by atoms with E-state index in [1.165, 1.54) is 36.4 Å². The molecule has 0 unspecified atom stereocenters. The van der Waals surface area contributed by atoms with E-state index in [0.29, 0.717) is 69.2 Å². The highest BCUT2D eigenvalue weighted by atomic mass is 32.2. The molecule has 0 fully saturated rings. The Balaban J connectivity index is 1.15. The van der Waals surface area contributed by atoms with Crippen LogP contribution >= 0.6 is 31.8 Å². The van der Waals surface area contributed by atoms with Gasteiger partial charge < -0.3 is 11.5 Å². The molecule has 2 atom stereocenters.